The van der Waals surface area contributed by atoms with E-state index in [1.807, 2.05) is 67.6 Å². The molecule has 1 fully saturated rings. The highest BCUT2D eigenvalue weighted by Crippen LogP contribution is 2.29. The lowest BCUT2D eigenvalue weighted by atomic mass is 9.84. The van der Waals surface area contributed by atoms with Gasteiger partial charge in [0, 0.05) is 12.8 Å². The van der Waals surface area contributed by atoms with Crippen LogP contribution in [0.5, 0.6) is 0 Å². The van der Waals surface area contributed by atoms with Crippen LogP contribution >= 0.6 is 0 Å². The van der Waals surface area contributed by atoms with E-state index in [9.17, 15) is 24.3 Å². The van der Waals surface area contributed by atoms with Crippen molar-refractivity contribution in [1.29, 1.82) is 0 Å². The summed E-state index contributed by atoms with van der Waals surface area (Å²) in [5.41, 5.74) is 1.68. The van der Waals surface area contributed by atoms with E-state index in [0.29, 0.717) is 19.3 Å². The van der Waals surface area contributed by atoms with Gasteiger partial charge in [-0.05, 0) is 29.9 Å². The third-order valence-electron chi connectivity index (χ3n) is 7.41. The fourth-order valence-corrected chi connectivity index (χ4v) is 5.49. The first-order valence-electron chi connectivity index (χ1n) is 14.0. The van der Waals surface area contributed by atoms with Crippen LogP contribution < -0.4 is 16.0 Å². The van der Waals surface area contributed by atoms with E-state index < -0.39 is 41.8 Å². The average Bonchev–Trinajstić information content (AvgIpc) is 2.93. The minimum absolute atomic E-state index is 0.265. The number of carboxylic acid groups (broad SMARTS) is 1. The van der Waals surface area contributed by atoms with Crippen LogP contribution in [0.2, 0.25) is 0 Å². The second-order valence-corrected chi connectivity index (χ2v) is 10.5. The molecule has 1 saturated carbocycles. The van der Waals surface area contributed by atoms with Gasteiger partial charge in [-0.25, -0.2) is 4.79 Å². The molecule has 39 heavy (non-hydrogen) atoms. The number of nitrogens with one attached hydrogen (secondary N) is 3. The number of carboxylic acids is 1. The molecule has 0 bridgehead atoms. The van der Waals surface area contributed by atoms with E-state index in [1.165, 1.54) is 6.92 Å². The topological polar surface area (TPSA) is 125 Å². The molecule has 0 radical (unpaired) electrons. The van der Waals surface area contributed by atoms with Gasteiger partial charge < -0.3 is 21.1 Å². The van der Waals surface area contributed by atoms with Gasteiger partial charge in [0.25, 0.3) is 0 Å². The van der Waals surface area contributed by atoms with Crippen molar-refractivity contribution >= 4 is 23.7 Å². The zero-order valence-electron chi connectivity index (χ0n) is 22.9. The predicted molar refractivity (Wildman–Crippen MR) is 150 cm³/mol. The van der Waals surface area contributed by atoms with Crippen molar-refractivity contribution in [1.82, 2.24) is 16.0 Å². The van der Waals surface area contributed by atoms with Gasteiger partial charge in [-0.3, -0.25) is 14.4 Å². The van der Waals surface area contributed by atoms with Crippen molar-refractivity contribution in [2.75, 3.05) is 0 Å². The number of hydrogen-bond acceptors (Lipinski definition) is 4. The Morgan fingerprint density at radius 2 is 1.33 bits per heavy atom. The van der Waals surface area contributed by atoms with Crippen molar-refractivity contribution in [2.24, 2.45) is 5.92 Å². The minimum atomic E-state index is -1.07. The average molecular weight is 536 g/mol. The van der Waals surface area contributed by atoms with Crippen molar-refractivity contribution in [2.45, 2.75) is 89.3 Å². The van der Waals surface area contributed by atoms with Gasteiger partial charge in [0.2, 0.25) is 17.7 Å². The highest BCUT2D eigenvalue weighted by atomic mass is 16.4. The number of amides is 3. The number of aliphatic carboxylic acids is 1. The summed E-state index contributed by atoms with van der Waals surface area (Å²) in [5.74, 6) is -2.70. The van der Waals surface area contributed by atoms with Gasteiger partial charge >= 0.3 is 5.97 Å². The fourth-order valence-electron chi connectivity index (χ4n) is 5.49. The Bertz CT molecular complexity index is 1050. The first-order chi connectivity index (χ1) is 18.8. The first kappa shape index (κ1) is 29.9. The molecule has 2 aromatic carbocycles. The van der Waals surface area contributed by atoms with Gasteiger partial charge in [-0.1, -0.05) is 106 Å². The van der Waals surface area contributed by atoms with Crippen LogP contribution in [-0.4, -0.2) is 46.9 Å². The molecule has 3 amide bonds. The fraction of sp³-hybridized carbons (Fsp3) is 0.484. The lowest BCUT2D eigenvalue weighted by Gasteiger charge is -2.30. The van der Waals surface area contributed by atoms with Gasteiger partial charge in [-0.15, -0.1) is 0 Å². The summed E-state index contributed by atoms with van der Waals surface area (Å²) in [6.45, 7) is 3.25. The van der Waals surface area contributed by atoms with Crippen molar-refractivity contribution in [3.8, 4) is 0 Å². The van der Waals surface area contributed by atoms with Crippen LogP contribution in [0, 0.1) is 5.92 Å². The summed E-state index contributed by atoms with van der Waals surface area (Å²) in [6.07, 6.45) is 6.56. The van der Waals surface area contributed by atoms with E-state index in [-0.39, 0.29) is 11.8 Å². The molecule has 0 aromatic heterocycles. The van der Waals surface area contributed by atoms with Crippen LogP contribution in [-0.2, 0) is 19.2 Å². The van der Waals surface area contributed by atoms with Gasteiger partial charge in [0.05, 0.1) is 0 Å². The van der Waals surface area contributed by atoms with Gasteiger partial charge in [0.1, 0.15) is 18.1 Å². The SMILES string of the molecule is CCCC(NC(=O)C(NC(C)=O)C(c1ccccc1)c1ccccc1)C(=O)NC(CC1CCCCC1)C(=O)O. The Kier molecular flexibility index (Phi) is 11.5. The number of hydrogen-bond donors (Lipinski definition) is 4. The third kappa shape index (κ3) is 8.94. The van der Waals surface area contributed by atoms with E-state index in [1.54, 1.807) is 0 Å². The Morgan fingerprint density at radius 3 is 1.82 bits per heavy atom. The standard InChI is InChI=1S/C31H41N3O5/c1-3-13-25(29(36)34-26(31(38)39)20-22-14-7-4-8-15-22)33-30(37)28(32-21(2)35)27(23-16-9-5-10-17-23)24-18-11-6-12-19-24/h5-6,9-12,16-19,22,25-28H,3-4,7-8,13-15,20H2,1-2H3,(H,32,35)(H,33,37)(H,34,36)(H,38,39). The van der Waals surface area contributed by atoms with Crippen molar-refractivity contribution in [3.63, 3.8) is 0 Å². The summed E-state index contributed by atoms with van der Waals surface area (Å²) in [7, 11) is 0. The van der Waals surface area contributed by atoms with E-state index in [2.05, 4.69) is 16.0 Å². The summed E-state index contributed by atoms with van der Waals surface area (Å²) in [4.78, 5) is 51.3. The maximum atomic E-state index is 13.8. The van der Waals surface area contributed by atoms with Crippen LogP contribution in [0.25, 0.3) is 0 Å². The number of carbonyl (C=O) groups is 4. The van der Waals surface area contributed by atoms with Crippen LogP contribution in [0.15, 0.2) is 60.7 Å². The Hall–Kier alpha value is -3.68. The highest BCUT2D eigenvalue weighted by molar-refractivity contribution is 5.94. The summed E-state index contributed by atoms with van der Waals surface area (Å²) < 4.78 is 0. The largest absolute Gasteiger partial charge is 0.480 e. The molecule has 2 aromatic rings. The Morgan fingerprint density at radius 1 is 0.795 bits per heavy atom. The van der Waals surface area contributed by atoms with E-state index >= 15 is 0 Å². The van der Waals surface area contributed by atoms with Crippen LogP contribution in [0.4, 0.5) is 0 Å². The highest BCUT2D eigenvalue weighted by Gasteiger charge is 2.35. The molecule has 0 spiro atoms. The molecule has 0 saturated heterocycles. The zero-order chi connectivity index (χ0) is 28.2. The maximum absolute atomic E-state index is 13.8. The van der Waals surface area contributed by atoms with Gasteiger partial charge in [-0.2, -0.15) is 0 Å². The second kappa shape index (κ2) is 15.0. The second-order valence-electron chi connectivity index (χ2n) is 10.5. The number of carbonyl (C=O) groups excluding carboxylic acids is 3. The molecule has 3 rings (SSSR count). The normalized spacial score (nSPS) is 16.1. The quantitative estimate of drug-likeness (QED) is 0.307. The minimum Gasteiger partial charge on any atom is -0.480 e. The zero-order valence-corrected chi connectivity index (χ0v) is 22.9. The smallest absolute Gasteiger partial charge is 0.326 e. The van der Waals surface area contributed by atoms with Crippen LogP contribution in [0.3, 0.4) is 0 Å². The van der Waals surface area contributed by atoms with Gasteiger partial charge in [0.15, 0.2) is 0 Å². The summed E-state index contributed by atoms with van der Waals surface area (Å²) in [6, 6.07) is 15.9. The molecule has 1 aliphatic rings. The lowest BCUT2D eigenvalue weighted by molar-refractivity contribution is -0.143. The molecular formula is C31H41N3O5. The molecule has 3 unspecified atom stereocenters. The maximum Gasteiger partial charge on any atom is 0.326 e. The summed E-state index contributed by atoms with van der Waals surface area (Å²) in [5, 5.41) is 18.1. The third-order valence-corrected chi connectivity index (χ3v) is 7.41. The molecule has 0 aliphatic heterocycles. The predicted octanol–water partition coefficient (Wildman–Crippen LogP) is 4.15. The van der Waals surface area contributed by atoms with E-state index in [4.69, 9.17) is 0 Å². The van der Waals surface area contributed by atoms with Crippen molar-refractivity contribution in [3.05, 3.63) is 71.8 Å². The Labute approximate surface area is 231 Å². The monoisotopic (exact) mass is 535 g/mol. The molecule has 8 nitrogen and oxygen atoms in total. The molecular weight excluding hydrogens is 494 g/mol. The molecule has 4 N–H and O–H groups in total. The molecule has 0 heterocycles. The Balaban J connectivity index is 1.83. The van der Waals surface area contributed by atoms with Crippen molar-refractivity contribution < 1.29 is 24.3 Å². The van der Waals surface area contributed by atoms with E-state index in [0.717, 1.165) is 43.2 Å². The van der Waals surface area contributed by atoms with Crippen LogP contribution in [0.1, 0.15) is 82.3 Å². The number of rotatable bonds is 13. The molecule has 210 valence electrons. The summed E-state index contributed by atoms with van der Waals surface area (Å²) >= 11 is 0. The lowest BCUT2D eigenvalue weighted by Crippen LogP contribution is -2.57. The first-order valence-corrected chi connectivity index (χ1v) is 14.0. The molecule has 1 aliphatic carbocycles. The number of benzene rings is 2. The molecule has 3 atom stereocenters. The molecule has 8 heteroatoms.